The van der Waals surface area contributed by atoms with Gasteiger partial charge in [-0.15, -0.1) is 11.3 Å². The third-order valence-electron chi connectivity index (χ3n) is 3.19. The van der Waals surface area contributed by atoms with Crippen molar-refractivity contribution in [3.8, 4) is 16.3 Å². The summed E-state index contributed by atoms with van der Waals surface area (Å²) in [4.78, 5) is 0.685. The van der Waals surface area contributed by atoms with Crippen LogP contribution in [0.25, 0.3) is 16.3 Å². The number of rotatable bonds is 4. The Bertz CT molecular complexity index is 982. The summed E-state index contributed by atoms with van der Waals surface area (Å²) in [5.74, 6) is 0. The lowest BCUT2D eigenvalue weighted by Crippen LogP contribution is -2.12. The molecule has 0 amide bonds. The van der Waals surface area contributed by atoms with Gasteiger partial charge in [-0.2, -0.15) is 5.10 Å². The summed E-state index contributed by atoms with van der Waals surface area (Å²) in [6, 6.07) is 10.5. The molecule has 0 aliphatic heterocycles. The molecule has 0 saturated heterocycles. The first-order valence-corrected chi connectivity index (χ1v) is 9.68. The Morgan fingerprint density at radius 2 is 1.83 bits per heavy atom. The van der Waals surface area contributed by atoms with E-state index in [1.807, 2.05) is 6.07 Å². The quantitative estimate of drug-likeness (QED) is 0.676. The maximum atomic E-state index is 13.0. The SMILES string of the molecule is NS(=O)(=O)c1ccc(-n2nc(C(F)F)cc2-c2ccc(Br)s2)cc1. The van der Waals surface area contributed by atoms with Crippen molar-refractivity contribution in [2.75, 3.05) is 0 Å². The fourth-order valence-electron chi connectivity index (χ4n) is 2.11. The molecule has 1 aromatic carbocycles. The van der Waals surface area contributed by atoms with Crippen molar-refractivity contribution in [3.63, 3.8) is 0 Å². The smallest absolute Gasteiger partial charge is 0.232 e. The molecule has 3 aromatic rings. The molecule has 5 nitrogen and oxygen atoms in total. The van der Waals surface area contributed by atoms with Crippen LogP contribution in [-0.2, 0) is 10.0 Å². The minimum atomic E-state index is -3.82. The molecule has 2 N–H and O–H groups in total. The zero-order valence-corrected chi connectivity index (χ0v) is 15.1. The van der Waals surface area contributed by atoms with E-state index < -0.39 is 16.4 Å². The number of sulfonamides is 1. The summed E-state index contributed by atoms with van der Waals surface area (Å²) in [7, 11) is -3.82. The summed E-state index contributed by atoms with van der Waals surface area (Å²) < 4.78 is 50.9. The molecule has 0 bridgehead atoms. The molecule has 0 aliphatic carbocycles. The second-order valence-corrected chi connectivity index (χ2v) is 8.83. The average Bonchev–Trinajstić information content (AvgIpc) is 3.12. The topological polar surface area (TPSA) is 78.0 Å². The van der Waals surface area contributed by atoms with Gasteiger partial charge in [-0.3, -0.25) is 0 Å². The van der Waals surface area contributed by atoms with E-state index in [9.17, 15) is 17.2 Å². The molecule has 0 saturated carbocycles. The number of hydrogen-bond acceptors (Lipinski definition) is 4. The first-order valence-electron chi connectivity index (χ1n) is 6.53. The van der Waals surface area contributed by atoms with E-state index in [0.717, 1.165) is 8.66 Å². The molecular formula is C14H10BrF2N3O2S2. The van der Waals surface area contributed by atoms with Crippen molar-refractivity contribution in [1.82, 2.24) is 9.78 Å². The molecule has 10 heteroatoms. The first kappa shape index (κ1) is 17.2. The number of nitrogens with zero attached hydrogens (tertiary/aromatic N) is 2. The lowest BCUT2D eigenvalue weighted by atomic mass is 10.3. The fourth-order valence-corrected chi connectivity index (χ4v) is 4.01. The standard InChI is InChI=1S/C14H10BrF2N3O2S2/c15-13-6-5-12(23-13)11-7-10(14(16)17)19-20(11)8-1-3-9(4-2-8)24(18,21)22/h1-7,14H,(H2,18,21,22). The molecule has 0 aliphatic rings. The predicted molar refractivity (Wildman–Crippen MR) is 90.9 cm³/mol. The van der Waals surface area contributed by atoms with Crippen molar-refractivity contribution in [1.29, 1.82) is 0 Å². The number of nitrogens with two attached hydrogens (primary N) is 1. The zero-order valence-electron chi connectivity index (χ0n) is 11.9. The second-order valence-electron chi connectivity index (χ2n) is 4.81. The maximum Gasteiger partial charge on any atom is 0.282 e. The predicted octanol–water partition coefficient (Wildman–Crippen LogP) is 3.95. The first-order chi connectivity index (χ1) is 11.3. The van der Waals surface area contributed by atoms with Crippen molar-refractivity contribution < 1.29 is 17.2 Å². The Labute approximate surface area is 148 Å². The van der Waals surface area contributed by atoms with Gasteiger partial charge in [-0.25, -0.2) is 27.0 Å². The van der Waals surface area contributed by atoms with Crippen molar-refractivity contribution in [2.24, 2.45) is 5.14 Å². The van der Waals surface area contributed by atoms with E-state index in [2.05, 4.69) is 21.0 Å². The Balaban J connectivity index is 2.13. The van der Waals surface area contributed by atoms with Gasteiger partial charge in [0.15, 0.2) is 0 Å². The monoisotopic (exact) mass is 433 g/mol. The van der Waals surface area contributed by atoms with E-state index in [4.69, 9.17) is 5.14 Å². The van der Waals surface area contributed by atoms with Gasteiger partial charge in [0, 0.05) is 0 Å². The van der Waals surface area contributed by atoms with Gasteiger partial charge in [-0.05, 0) is 58.4 Å². The molecule has 0 fully saturated rings. The van der Waals surface area contributed by atoms with Gasteiger partial charge < -0.3 is 0 Å². The summed E-state index contributed by atoms with van der Waals surface area (Å²) in [6.07, 6.45) is -2.71. The number of alkyl halides is 2. The second kappa shape index (κ2) is 6.36. The highest BCUT2D eigenvalue weighted by molar-refractivity contribution is 9.11. The molecule has 2 heterocycles. The molecule has 0 unspecified atom stereocenters. The Morgan fingerprint density at radius 1 is 1.17 bits per heavy atom. The van der Waals surface area contributed by atoms with Crippen LogP contribution >= 0.6 is 27.3 Å². The van der Waals surface area contributed by atoms with Crippen LogP contribution in [0.5, 0.6) is 0 Å². The molecule has 3 rings (SSSR count). The molecule has 0 radical (unpaired) electrons. The summed E-state index contributed by atoms with van der Waals surface area (Å²) in [5.41, 5.74) is 0.586. The molecule has 0 spiro atoms. The van der Waals surface area contributed by atoms with Crippen molar-refractivity contribution >= 4 is 37.3 Å². The highest BCUT2D eigenvalue weighted by atomic mass is 79.9. The number of aromatic nitrogens is 2. The third kappa shape index (κ3) is 3.41. The van der Waals surface area contributed by atoms with E-state index in [1.54, 1.807) is 6.07 Å². The van der Waals surface area contributed by atoms with Gasteiger partial charge in [-0.1, -0.05) is 0 Å². The minimum Gasteiger partial charge on any atom is -0.232 e. The van der Waals surface area contributed by atoms with Crippen LogP contribution in [0.1, 0.15) is 12.1 Å². The normalized spacial score (nSPS) is 12.0. The van der Waals surface area contributed by atoms with E-state index >= 15 is 0 Å². The average molecular weight is 434 g/mol. The highest BCUT2D eigenvalue weighted by Crippen LogP contribution is 2.34. The number of halogens is 3. The van der Waals surface area contributed by atoms with Gasteiger partial charge in [0.25, 0.3) is 6.43 Å². The molecule has 126 valence electrons. The van der Waals surface area contributed by atoms with E-state index in [1.165, 1.54) is 46.4 Å². The molecule has 0 atom stereocenters. The van der Waals surface area contributed by atoms with Crippen LogP contribution in [-0.4, -0.2) is 18.2 Å². The van der Waals surface area contributed by atoms with E-state index in [-0.39, 0.29) is 10.6 Å². The molecule has 2 aromatic heterocycles. The van der Waals surface area contributed by atoms with Gasteiger partial charge in [0.05, 0.1) is 24.9 Å². The van der Waals surface area contributed by atoms with Crippen LogP contribution in [0.2, 0.25) is 0 Å². The third-order valence-corrected chi connectivity index (χ3v) is 5.76. The van der Waals surface area contributed by atoms with Crippen molar-refractivity contribution in [2.45, 2.75) is 11.3 Å². The Morgan fingerprint density at radius 3 is 2.33 bits per heavy atom. The van der Waals surface area contributed by atoms with Crippen LogP contribution < -0.4 is 5.14 Å². The summed E-state index contributed by atoms with van der Waals surface area (Å²) >= 11 is 4.71. The van der Waals surface area contributed by atoms with Crippen LogP contribution in [0.3, 0.4) is 0 Å². The number of benzene rings is 1. The summed E-state index contributed by atoms with van der Waals surface area (Å²) in [6.45, 7) is 0. The lowest BCUT2D eigenvalue weighted by molar-refractivity contribution is 0.145. The Kier molecular flexibility index (Phi) is 4.56. The van der Waals surface area contributed by atoms with Crippen LogP contribution in [0, 0.1) is 0 Å². The summed E-state index contributed by atoms with van der Waals surface area (Å²) in [5, 5.41) is 8.99. The number of primary sulfonamides is 1. The van der Waals surface area contributed by atoms with Crippen LogP contribution in [0.15, 0.2) is 51.1 Å². The fraction of sp³-hybridized carbons (Fsp3) is 0.0714. The highest BCUT2D eigenvalue weighted by Gasteiger charge is 2.19. The molecule has 24 heavy (non-hydrogen) atoms. The van der Waals surface area contributed by atoms with Gasteiger partial charge >= 0.3 is 0 Å². The van der Waals surface area contributed by atoms with Crippen LogP contribution in [0.4, 0.5) is 8.78 Å². The Hall–Kier alpha value is -1.62. The lowest BCUT2D eigenvalue weighted by Gasteiger charge is -2.07. The van der Waals surface area contributed by atoms with E-state index in [0.29, 0.717) is 11.4 Å². The largest absolute Gasteiger partial charge is 0.282 e. The molecular weight excluding hydrogens is 424 g/mol. The minimum absolute atomic E-state index is 0.0621. The number of hydrogen-bond donors (Lipinski definition) is 1. The maximum absolute atomic E-state index is 13.0. The van der Waals surface area contributed by atoms with Gasteiger partial charge in [0.1, 0.15) is 5.69 Å². The number of thiophene rings is 1. The van der Waals surface area contributed by atoms with Gasteiger partial charge in [0.2, 0.25) is 10.0 Å². The zero-order chi connectivity index (χ0) is 17.5. The van der Waals surface area contributed by atoms with Crippen molar-refractivity contribution in [3.05, 3.63) is 51.9 Å².